The van der Waals surface area contributed by atoms with E-state index < -0.39 is 0 Å². The summed E-state index contributed by atoms with van der Waals surface area (Å²) in [6, 6.07) is 2.36. The summed E-state index contributed by atoms with van der Waals surface area (Å²) < 4.78 is 2.88. The number of halogens is 1. The van der Waals surface area contributed by atoms with Crippen LogP contribution < -0.4 is 0 Å². The molecule has 2 aromatic rings. The summed E-state index contributed by atoms with van der Waals surface area (Å²) in [6.45, 7) is 1.97. The normalized spacial score (nSPS) is 17.9. The second kappa shape index (κ2) is 2.92. The fourth-order valence-corrected chi connectivity index (χ4v) is 3.28. The molecule has 76 valence electrons. The molecule has 0 saturated heterocycles. The Morgan fingerprint density at radius 3 is 2.87 bits per heavy atom. The summed E-state index contributed by atoms with van der Waals surface area (Å²) in [7, 11) is 0. The van der Waals surface area contributed by atoms with Gasteiger partial charge in [0.25, 0.3) is 0 Å². The van der Waals surface area contributed by atoms with E-state index in [0.717, 1.165) is 32.2 Å². The van der Waals surface area contributed by atoms with Crippen LogP contribution in [0.25, 0.3) is 4.96 Å². The van der Waals surface area contributed by atoms with Gasteiger partial charge in [-0.05, 0) is 42.4 Å². The summed E-state index contributed by atoms with van der Waals surface area (Å²) in [5.74, 6) is 0. The van der Waals surface area contributed by atoms with Crippen LogP contribution in [0, 0.1) is 22.0 Å². The number of imidazole rings is 1. The summed E-state index contributed by atoms with van der Waals surface area (Å²) >= 11 is 3.77. The first kappa shape index (κ1) is 9.54. The van der Waals surface area contributed by atoms with Crippen molar-refractivity contribution in [3.63, 3.8) is 0 Å². The predicted octanol–water partition coefficient (Wildman–Crippen LogP) is 2.26. The first-order chi connectivity index (χ1) is 7.16. The number of hydrogen-bond acceptors (Lipinski definition) is 4. The van der Waals surface area contributed by atoms with Crippen molar-refractivity contribution in [2.24, 2.45) is 0 Å². The highest BCUT2D eigenvalue weighted by molar-refractivity contribution is 14.1. The molecule has 0 atom stereocenters. The third-order valence-corrected chi connectivity index (χ3v) is 5.03. The maximum absolute atomic E-state index is 9.08. The Morgan fingerprint density at radius 1 is 1.60 bits per heavy atom. The molecular formula is C9H7IN4S. The molecule has 0 aliphatic heterocycles. The Labute approximate surface area is 104 Å². The molecule has 0 amide bonds. The number of aromatic nitrogens is 3. The highest BCUT2D eigenvalue weighted by atomic mass is 127. The number of nitriles is 1. The van der Waals surface area contributed by atoms with Crippen LogP contribution in [0.2, 0.25) is 0 Å². The second-order valence-corrected chi connectivity index (χ2v) is 5.76. The second-order valence-electron chi connectivity index (χ2n) is 3.78. The zero-order valence-electron chi connectivity index (χ0n) is 7.99. The molecule has 2 heterocycles. The molecule has 0 unspecified atom stereocenters. The van der Waals surface area contributed by atoms with Crippen molar-refractivity contribution in [1.29, 1.82) is 5.26 Å². The van der Waals surface area contributed by atoms with Crippen molar-refractivity contribution in [2.45, 2.75) is 25.2 Å². The van der Waals surface area contributed by atoms with Crippen molar-refractivity contribution in [3.05, 3.63) is 14.4 Å². The van der Waals surface area contributed by atoms with Gasteiger partial charge in [-0.15, -0.1) is 0 Å². The van der Waals surface area contributed by atoms with E-state index >= 15 is 0 Å². The Hall–Kier alpha value is -0.680. The third-order valence-electron chi connectivity index (χ3n) is 2.68. The molecule has 3 rings (SSSR count). The minimum Gasteiger partial charge on any atom is -0.222 e. The minimum absolute atomic E-state index is 0.289. The summed E-state index contributed by atoms with van der Waals surface area (Å²) in [4.78, 5) is 5.31. The maximum atomic E-state index is 9.08. The molecule has 0 radical (unpaired) electrons. The molecular weight excluding hydrogens is 323 g/mol. The van der Waals surface area contributed by atoms with Crippen LogP contribution in [-0.2, 0) is 5.41 Å². The largest absolute Gasteiger partial charge is 0.222 e. The lowest BCUT2D eigenvalue weighted by molar-refractivity contribution is 0.813. The van der Waals surface area contributed by atoms with Gasteiger partial charge in [0.15, 0.2) is 0 Å². The van der Waals surface area contributed by atoms with Gasteiger partial charge in [-0.1, -0.05) is 11.3 Å². The van der Waals surface area contributed by atoms with E-state index in [9.17, 15) is 0 Å². The smallest absolute Gasteiger partial charge is 0.213 e. The Bertz CT molecular complexity index is 587. The quantitative estimate of drug-likeness (QED) is 0.754. The van der Waals surface area contributed by atoms with Crippen LogP contribution in [0.4, 0.5) is 0 Å². The van der Waals surface area contributed by atoms with Gasteiger partial charge in [0.1, 0.15) is 14.1 Å². The van der Waals surface area contributed by atoms with Crippen molar-refractivity contribution in [2.75, 3.05) is 0 Å². The van der Waals surface area contributed by atoms with Crippen LogP contribution in [0.1, 0.15) is 23.5 Å². The third kappa shape index (κ3) is 1.23. The summed E-state index contributed by atoms with van der Waals surface area (Å²) in [6.07, 6.45) is 1.88. The van der Waals surface area contributed by atoms with Crippen LogP contribution >= 0.6 is 33.9 Å². The lowest BCUT2D eigenvalue weighted by atomic mass is 10.1. The number of fused-ring (bicyclic) bond motifs is 1. The van der Waals surface area contributed by atoms with Gasteiger partial charge in [-0.2, -0.15) is 14.9 Å². The van der Waals surface area contributed by atoms with Crippen LogP contribution in [0.5, 0.6) is 0 Å². The molecule has 1 aliphatic carbocycles. The fourth-order valence-electron chi connectivity index (χ4n) is 1.52. The van der Waals surface area contributed by atoms with Gasteiger partial charge in [0.2, 0.25) is 4.96 Å². The average molecular weight is 330 g/mol. The van der Waals surface area contributed by atoms with Crippen molar-refractivity contribution in [1.82, 2.24) is 14.6 Å². The van der Waals surface area contributed by atoms with Gasteiger partial charge in [0.05, 0.1) is 11.8 Å². The van der Waals surface area contributed by atoms with E-state index in [-0.39, 0.29) is 5.41 Å². The van der Waals surface area contributed by atoms with Gasteiger partial charge < -0.3 is 0 Å². The topological polar surface area (TPSA) is 54.0 Å². The van der Waals surface area contributed by atoms with Gasteiger partial charge in [-0.25, -0.2) is 4.98 Å². The lowest BCUT2D eigenvalue weighted by Gasteiger charge is -1.96. The van der Waals surface area contributed by atoms with Crippen molar-refractivity contribution in [3.8, 4) is 6.07 Å². The molecule has 1 aliphatic rings. The SMILES string of the molecule is Cc1nc2sc(C3(C#N)CC3)nn2c1I. The van der Waals surface area contributed by atoms with E-state index in [1.165, 1.54) is 11.3 Å². The molecule has 1 saturated carbocycles. The number of hydrogen-bond donors (Lipinski definition) is 0. The number of aryl methyl sites for hydroxylation is 1. The maximum Gasteiger partial charge on any atom is 0.213 e. The highest BCUT2D eigenvalue weighted by Gasteiger charge is 2.48. The molecule has 0 aromatic carbocycles. The number of nitrogens with zero attached hydrogens (tertiary/aromatic N) is 4. The van der Waals surface area contributed by atoms with Crippen LogP contribution in [0.15, 0.2) is 0 Å². The van der Waals surface area contributed by atoms with Gasteiger partial charge in [0, 0.05) is 0 Å². The van der Waals surface area contributed by atoms with Crippen molar-refractivity contribution >= 4 is 38.9 Å². The monoisotopic (exact) mass is 330 g/mol. The van der Waals surface area contributed by atoms with Crippen LogP contribution in [0.3, 0.4) is 0 Å². The zero-order chi connectivity index (χ0) is 10.6. The van der Waals surface area contributed by atoms with Crippen molar-refractivity contribution < 1.29 is 0 Å². The first-order valence-electron chi connectivity index (χ1n) is 4.60. The Kier molecular flexibility index (Phi) is 1.86. The first-order valence-corrected chi connectivity index (χ1v) is 6.49. The number of rotatable bonds is 1. The molecule has 0 spiro atoms. The van der Waals surface area contributed by atoms with Gasteiger partial charge >= 0.3 is 0 Å². The summed E-state index contributed by atoms with van der Waals surface area (Å²) in [5, 5.41) is 14.5. The minimum atomic E-state index is -0.289. The zero-order valence-corrected chi connectivity index (χ0v) is 11.0. The standard InChI is InChI=1S/C9H7IN4S/c1-5-6(10)14-8(12-5)15-7(13-14)9(4-11)2-3-9/h2-3H2,1H3. The lowest BCUT2D eigenvalue weighted by Crippen LogP contribution is -2.03. The molecule has 2 aromatic heterocycles. The van der Waals surface area contributed by atoms with Gasteiger partial charge in [-0.3, -0.25) is 0 Å². The Morgan fingerprint density at radius 2 is 2.33 bits per heavy atom. The average Bonchev–Trinajstić information content (AvgIpc) is 2.86. The van der Waals surface area contributed by atoms with E-state index in [1.54, 1.807) is 0 Å². The van der Waals surface area contributed by atoms with E-state index in [4.69, 9.17) is 5.26 Å². The molecule has 0 bridgehead atoms. The van der Waals surface area contributed by atoms with E-state index in [0.29, 0.717) is 0 Å². The fraction of sp³-hybridized carbons (Fsp3) is 0.444. The molecule has 15 heavy (non-hydrogen) atoms. The van der Waals surface area contributed by atoms with E-state index in [2.05, 4.69) is 38.7 Å². The molecule has 6 heteroatoms. The highest BCUT2D eigenvalue weighted by Crippen LogP contribution is 2.48. The summed E-state index contributed by atoms with van der Waals surface area (Å²) in [5.41, 5.74) is 0.713. The van der Waals surface area contributed by atoms with Crippen LogP contribution in [-0.4, -0.2) is 14.6 Å². The predicted molar refractivity (Wildman–Crippen MR) is 64.8 cm³/mol. The molecule has 1 fully saturated rings. The molecule has 4 nitrogen and oxygen atoms in total. The Balaban J connectivity index is 2.21. The van der Waals surface area contributed by atoms with E-state index in [1.807, 2.05) is 11.4 Å². The molecule has 0 N–H and O–H groups in total.